The van der Waals surface area contributed by atoms with E-state index in [9.17, 15) is 22.8 Å². The molecule has 0 atom stereocenters. The number of amides is 2. The summed E-state index contributed by atoms with van der Waals surface area (Å²) in [4.78, 5) is 23.5. The molecule has 0 aliphatic heterocycles. The first-order valence-electron chi connectivity index (χ1n) is 7.08. The van der Waals surface area contributed by atoms with Crippen molar-refractivity contribution >= 4 is 33.4 Å². The molecule has 10 heteroatoms. The quantitative estimate of drug-likeness (QED) is 0.783. The van der Waals surface area contributed by atoms with Crippen LogP contribution in [0.1, 0.15) is 11.3 Å². The van der Waals surface area contributed by atoms with Gasteiger partial charge in [-0.1, -0.05) is 15.9 Å². The van der Waals surface area contributed by atoms with E-state index in [4.69, 9.17) is 0 Å². The summed E-state index contributed by atoms with van der Waals surface area (Å²) in [6.07, 6.45) is -3.52. The molecule has 1 heterocycles. The van der Waals surface area contributed by atoms with Gasteiger partial charge in [-0.15, -0.1) is 0 Å². The molecule has 0 unspecified atom stereocenters. The third-order valence-electron chi connectivity index (χ3n) is 3.15. The van der Waals surface area contributed by atoms with Gasteiger partial charge in [-0.25, -0.2) is 0 Å². The van der Waals surface area contributed by atoms with E-state index in [2.05, 4.69) is 31.7 Å². The first-order chi connectivity index (χ1) is 11.6. The highest BCUT2D eigenvalue weighted by Crippen LogP contribution is 2.27. The van der Waals surface area contributed by atoms with Gasteiger partial charge in [0.05, 0.1) is 6.54 Å². The third kappa shape index (κ3) is 5.59. The summed E-state index contributed by atoms with van der Waals surface area (Å²) < 4.78 is 39.0. The Morgan fingerprint density at radius 1 is 1.24 bits per heavy atom. The van der Waals surface area contributed by atoms with E-state index in [1.165, 1.54) is 0 Å². The zero-order valence-corrected chi connectivity index (χ0v) is 14.6. The Kier molecular flexibility index (Phi) is 5.83. The van der Waals surface area contributed by atoms with E-state index in [0.29, 0.717) is 5.69 Å². The van der Waals surface area contributed by atoms with E-state index in [1.807, 2.05) is 13.0 Å². The van der Waals surface area contributed by atoms with Crippen molar-refractivity contribution in [2.75, 3.05) is 11.9 Å². The van der Waals surface area contributed by atoms with Crippen LogP contribution in [-0.4, -0.2) is 28.1 Å². The summed E-state index contributed by atoms with van der Waals surface area (Å²) in [6, 6.07) is 6.07. The van der Waals surface area contributed by atoms with Gasteiger partial charge in [-0.2, -0.15) is 18.3 Å². The average Bonchev–Trinajstić information content (AvgIpc) is 2.97. The monoisotopic (exact) mass is 418 g/mol. The number of alkyl halides is 3. The van der Waals surface area contributed by atoms with Gasteiger partial charge in [0, 0.05) is 16.4 Å². The molecule has 25 heavy (non-hydrogen) atoms. The summed E-state index contributed by atoms with van der Waals surface area (Å²) >= 11 is 3.31. The molecule has 0 saturated carbocycles. The standard InChI is InChI=1S/C15H14BrF3N4O2/c1-9-6-10(16)2-3-11(9)21-13(24)7-20-14(25)8-23-5-4-12(22-23)15(17,18)19/h2-6H,7-8H2,1H3,(H,20,25)(H,21,24). The lowest BCUT2D eigenvalue weighted by molar-refractivity contribution is -0.141. The molecular weight excluding hydrogens is 405 g/mol. The molecule has 2 N–H and O–H groups in total. The molecule has 0 radical (unpaired) electrons. The van der Waals surface area contributed by atoms with Crippen LogP contribution in [0.4, 0.5) is 18.9 Å². The number of carbonyl (C=O) groups excluding carboxylic acids is 2. The smallest absolute Gasteiger partial charge is 0.345 e. The summed E-state index contributed by atoms with van der Waals surface area (Å²) in [7, 11) is 0. The van der Waals surface area contributed by atoms with Crippen molar-refractivity contribution in [2.45, 2.75) is 19.6 Å². The lowest BCUT2D eigenvalue weighted by Gasteiger charge is -2.10. The summed E-state index contributed by atoms with van der Waals surface area (Å²) in [5.74, 6) is -1.07. The van der Waals surface area contributed by atoms with Crippen LogP contribution in [-0.2, 0) is 22.3 Å². The van der Waals surface area contributed by atoms with Gasteiger partial charge >= 0.3 is 6.18 Å². The second-order valence-electron chi connectivity index (χ2n) is 5.18. The number of carbonyl (C=O) groups is 2. The normalized spacial score (nSPS) is 11.2. The maximum Gasteiger partial charge on any atom is 0.435 e. The van der Waals surface area contributed by atoms with Crippen LogP contribution in [0, 0.1) is 6.92 Å². The van der Waals surface area contributed by atoms with Crippen molar-refractivity contribution in [3.05, 3.63) is 46.2 Å². The van der Waals surface area contributed by atoms with Gasteiger partial charge in [0.15, 0.2) is 5.69 Å². The summed E-state index contributed by atoms with van der Waals surface area (Å²) in [6.45, 7) is 1.09. The highest BCUT2D eigenvalue weighted by atomic mass is 79.9. The zero-order valence-electron chi connectivity index (χ0n) is 13.0. The molecule has 2 aromatic rings. The van der Waals surface area contributed by atoms with Crippen LogP contribution in [0.5, 0.6) is 0 Å². The fourth-order valence-corrected chi connectivity index (χ4v) is 2.42. The van der Waals surface area contributed by atoms with Crippen molar-refractivity contribution in [1.29, 1.82) is 0 Å². The minimum Gasteiger partial charge on any atom is -0.345 e. The predicted octanol–water partition coefficient (Wildman–Crippen LogP) is 2.73. The Bertz CT molecular complexity index is 789. The van der Waals surface area contributed by atoms with Gasteiger partial charge in [0.1, 0.15) is 6.54 Å². The van der Waals surface area contributed by atoms with Crippen molar-refractivity contribution in [3.63, 3.8) is 0 Å². The minimum absolute atomic E-state index is 0.304. The average molecular weight is 419 g/mol. The Morgan fingerprint density at radius 2 is 1.96 bits per heavy atom. The molecule has 0 saturated heterocycles. The predicted molar refractivity (Wildman–Crippen MR) is 87.7 cm³/mol. The topological polar surface area (TPSA) is 76.0 Å². The largest absolute Gasteiger partial charge is 0.435 e. The number of benzene rings is 1. The lowest BCUT2D eigenvalue weighted by atomic mass is 10.2. The maximum absolute atomic E-state index is 12.4. The van der Waals surface area contributed by atoms with Gasteiger partial charge in [-0.05, 0) is 36.8 Å². The van der Waals surface area contributed by atoms with Gasteiger partial charge in [0.2, 0.25) is 11.8 Å². The number of anilines is 1. The van der Waals surface area contributed by atoms with Crippen molar-refractivity contribution < 1.29 is 22.8 Å². The molecule has 2 amide bonds. The number of nitrogens with zero attached hydrogens (tertiary/aromatic N) is 2. The van der Waals surface area contributed by atoms with E-state index in [1.54, 1.807) is 12.1 Å². The van der Waals surface area contributed by atoms with E-state index in [0.717, 1.165) is 27.0 Å². The van der Waals surface area contributed by atoms with Crippen LogP contribution >= 0.6 is 15.9 Å². The number of hydrogen-bond acceptors (Lipinski definition) is 3. The minimum atomic E-state index is -4.57. The Labute approximate surface area is 149 Å². The molecular formula is C15H14BrF3N4O2. The molecule has 0 spiro atoms. The fourth-order valence-electron chi connectivity index (χ4n) is 1.94. The second-order valence-corrected chi connectivity index (χ2v) is 6.10. The fraction of sp³-hybridized carbons (Fsp3) is 0.267. The highest BCUT2D eigenvalue weighted by Gasteiger charge is 2.33. The molecule has 134 valence electrons. The number of halogens is 4. The van der Waals surface area contributed by atoms with Gasteiger partial charge < -0.3 is 10.6 Å². The Hall–Kier alpha value is -2.36. The molecule has 0 aliphatic rings. The molecule has 6 nitrogen and oxygen atoms in total. The maximum atomic E-state index is 12.4. The van der Waals surface area contributed by atoms with E-state index < -0.39 is 30.2 Å². The van der Waals surface area contributed by atoms with Crippen LogP contribution < -0.4 is 10.6 Å². The lowest BCUT2D eigenvalue weighted by Crippen LogP contribution is -2.35. The van der Waals surface area contributed by atoms with Crippen LogP contribution in [0.25, 0.3) is 0 Å². The summed E-state index contributed by atoms with van der Waals surface area (Å²) in [5, 5.41) is 8.22. The van der Waals surface area contributed by atoms with Crippen LogP contribution in [0.2, 0.25) is 0 Å². The van der Waals surface area contributed by atoms with E-state index >= 15 is 0 Å². The number of rotatable bonds is 5. The molecule has 1 aromatic heterocycles. The van der Waals surface area contributed by atoms with Crippen molar-refractivity contribution in [3.8, 4) is 0 Å². The third-order valence-corrected chi connectivity index (χ3v) is 3.64. The van der Waals surface area contributed by atoms with E-state index in [-0.39, 0.29) is 6.54 Å². The Morgan fingerprint density at radius 3 is 2.56 bits per heavy atom. The van der Waals surface area contributed by atoms with Crippen LogP contribution in [0.3, 0.4) is 0 Å². The molecule has 0 aliphatic carbocycles. The summed E-state index contributed by atoms with van der Waals surface area (Å²) in [5.41, 5.74) is 0.360. The number of aryl methyl sites for hydroxylation is 1. The SMILES string of the molecule is Cc1cc(Br)ccc1NC(=O)CNC(=O)Cn1ccc(C(F)(F)F)n1. The number of hydrogen-bond donors (Lipinski definition) is 2. The van der Waals surface area contributed by atoms with Crippen molar-refractivity contribution in [2.24, 2.45) is 0 Å². The van der Waals surface area contributed by atoms with Gasteiger partial charge in [0.25, 0.3) is 0 Å². The first kappa shape index (κ1) is 19.0. The Balaban J connectivity index is 1.83. The second kappa shape index (κ2) is 7.68. The first-order valence-corrected chi connectivity index (χ1v) is 7.88. The molecule has 0 bridgehead atoms. The van der Waals surface area contributed by atoms with Crippen molar-refractivity contribution in [1.82, 2.24) is 15.1 Å². The van der Waals surface area contributed by atoms with Crippen LogP contribution in [0.15, 0.2) is 34.9 Å². The molecule has 2 rings (SSSR count). The zero-order chi connectivity index (χ0) is 18.6. The molecule has 0 fully saturated rings. The molecule has 1 aromatic carbocycles. The van der Waals surface area contributed by atoms with Gasteiger partial charge in [-0.3, -0.25) is 14.3 Å². The highest BCUT2D eigenvalue weighted by molar-refractivity contribution is 9.10. The number of aromatic nitrogens is 2. The number of nitrogens with one attached hydrogen (secondary N) is 2.